The van der Waals surface area contributed by atoms with E-state index in [1.54, 1.807) is 18.2 Å². The van der Waals surface area contributed by atoms with Crippen molar-refractivity contribution in [3.8, 4) is 5.75 Å². The van der Waals surface area contributed by atoms with Crippen LogP contribution in [0.1, 0.15) is 11.6 Å². The van der Waals surface area contributed by atoms with Gasteiger partial charge in [-0.25, -0.2) is 4.79 Å². The predicted molar refractivity (Wildman–Crippen MR) is 66.0 cm³/mol. The molecule has 4 nitrogen and oxygen atoms in total. The zero-order valence-electron chi connectivity index (χ0n) is 10.4. The van der Waals surface area contributed by atoms with Gasteiger partial charge in [0.05, 0.1) is 7.11 Å². The van der Waals surface area contributed by atoms with Crippen molar-refractivity contribution in [1.29, 1.82) is 0 Å². The Morgan fingerprint density at radius 3 is 2.74 bits per heavy atom. The second kappa shape index (κ2) is 7.48. The Labute approximate surface area is 110 Å². The number of nitrogens with one attached hydrogen (secondary N) is 1. The molecule has 104 valence electrons. The lowest BCUT2D eigenvalue weighted by Crippen LogP contribution is -2.30. The van der Waals surface area contributed by atoms with E-state index in [1.807, 2.05) is 0 Å². The quantitative estimate of drug-likeness (QED) is 0.610. The molecular weight excluding hydrogens is 256 g/mol. The fourth-order valence-electron chi connectivity index (χ4n) is 1.56. The first-order valence-corrected chi connectivity index (χ1v) is 5.56. The minimum Gasteiger partial charge on any atom is -0.468 e. The van der Waals surface area contributed by atoms with Crippen molar-refractivity contribution in [3.05, 3.63) is 42.5 Å². The molecule has 1 N–H and O–H groups in total. The highest BCUT2D eigenvalue weighted by molar-refractivity contribution is 5.78. The number of alkyl halides is 2. The predicted octanol–water partition coefficient (Wildman–Crippen LogP) is 2.28. The second-order valence-electron chi connectivity index (χ2n) is 3.57. The maximum Gasteiger partial charge on any atom is 0.387 e. The molecule has 0 aromatic heterocycles. The Morgan fingerprint density at radius 1 is 1.47 bits per heavy atom. The van der Waals surface area contributed by atoms with E-state index in [2.05, 4.69) is 21.4 Å². The summed E-state index contributed by atoms with van der Waals surface area (Å²) in [6.45, 7) is 0.879. The van der Waals surface area contributed by atoms with Gasteiger partial charge >= 0.3 is 12.6 Å². The third-order valence-corrected chi connectivity index (χ3v) is 2.35. The number of benzene rings is 1. The first-order valence-electron chi connectivity index (χ1n) is 5.56. The van der Waals surface area contributed by atoms with Gasteiger partial charge in [0.2, 0.25) is 0 Å². The number of ether oxygens (including phenoxy) is 2. The lowest BCUT2D eigenvalue weighted by atomic mass is 10.1. The van der Waals surface area contributed by atoms with E-state index in [-0.39, 0.29) is 11.3 Å². The van der Waals surface area contributed by atoms with E-state index in [1.165, 1.54) is 19.2 Å². The van der Waals surface area contributed by atoms with Gasteiger partial charge < -0.3 is 9.47 Å². The van der Waals surface area contributed by atoms with Crippen molar-refractivity contribution < 1.29 is 23.0 Å². The van der Waals surface area contributed by atoms with Gasteiger partial charge in [0.25, 0.3) is 0 Å². The van der Waals surface area contributed by atoms with Crippen LogP contribution in [0.25, 0.3) is 0 Å². The Bertz CT molecular complexity index is 438. The maximum absolute atomic E-state index is 12.3. The average molecular weight is 271 g/mol. The molecule has 0 heterocycles. The molecule has 0 bridgehead atoms. The molecule has 1 unspecified atom stereocenters. The van der Waals surface area contributed by atoms with Crippen LogP contribution in [0, 0.1) is 0 Å². The van der Waals surface area contributed by atoms with Gasteiger partial charge in [-0.1, -0.05) is 24.3 Å². The molecule has 19 heavy (non-hydrogen) atoms. The zero-order chi connectivity index (χ0) is 14.3. The summed E-state index contributed by atoms with van der Waals surface area (Å²) in [6, 6.07) is 5.17. The van der Waals surface area contributed by atoms with Crippen molar-refractivity contribution in [3.63, 3.8) is 0 Å². The van der Waals surface area contributed by atoms with Gasteiger partial charge in [0.15, 0.2) is 0 Å². The summed E-state index contributed by atoms with van der Waals surface area (Å²) in [6.07, 6.45) is 1.55. The van der Waals surface area contributed by atoms with Crippen molar-refractivity contribution in [2.75, 3.05) is 13.7 Å². The van der Waals surface area contributed by atoms with Gasteiger partial charge in [-0.2, -0.15) is 8.78 Å². The molecule has 1 atom stereocenters. The van der Waals surface area contributed by atoms with Gasteiger partial charge in [0, 0.05) is 12.1 Å². The van der Waals surface area contributed by atoms with Gasteiger partial charge in [-0.05, 0) is 6.07 Å². The van der Waals surface area contributed by atoms with Crippen LogP contribution in [-0.2, 0) is 9.53 Å². The fourth-order valence-corrected chi connectivity index (χ4v) is 1.56. The lowest BCUT2D eigenvalue weighted by Gasteiger charge is -2.19. The van der Waals surface area contributed by atoms with E-state index in [9.17, 15) is 13.6 Å². The number of para-hydroxylation sites is 1. The highest BCUT2D eigenvalue weighted by Gasteiger charge is 2.24. The topological polar surface area (TPSA) is 47.6 Å². The molecular formula is C13H15F2NO3. The van der Waals surface area contributed by atoms with Crippen LogP contribution in [0.2, 0.25) is 0 Å². The minimum atomic E-state index is -2.96. The zero-order valence-corrected chi connectivity index (χ0v) is 10.4. The molecule has 1 aromatic carbocycles. The van der Waals surface area contributed by atoms with Crippen molar-refractivity contribution in [2.45, 2.75) is 12.7 Å². The third kappa shape index (κ3) is 4.33. The molecule has 0 radical (unpaired) electrons. The van der Waals surface area contributed by atoms with Crippen LogP contribution in [-0.4, -0.2) is 26.2 Å². The van der Waals surface area contributed by atoms with E-state index >= 15 is 0 Å². The van der Waals surface area contributed by atoms with Crippen molar-refractivity contribution in [1.82, 2.24) is 5.32 Å². The SMILES string of the molecule is C=CCNC(C(=O)OC)c1ccccc1OC(F)F. The molecule has 0 aliphatic heterocycles. The fraction of sp³-hybridized carbons (Fsp3) is 0.308. The molecule has 1 rings (SSSR count). The van der Waals surface area contributed by atoms with Crippen LogP contribution in [0.5, 0.6) is 5.75 Å². The largest absolute Gasteiger partial charge is 0.468 e. The molecule has 0 saturated carbocycles. The third-order valence-electron chi connectivity index (χ3n) is 2.35. The summed E-state index contributed by atoms with van der Waals surface area (Å²) < 4.78 is 33.7. The Balaban J connectivity index is 3.06. The molecule has 0 aliphatic carbocycles. The number of hydrogen-bond donors (Lipinski definition) is 1. The minimum absolute atomic E-state index is 0.0653. The number of rotatable bonds is 7. The first-order chi connectivity index (χ1) is 9.10. The van der Waals surface area contributed by atoms with Crippen molar-refractivity contribution in [2.24, 2.45) is 0 Å². The number of carbonyl (C=O) groups is 1. The molecule has 0 fully saturated rings. The maximum atomic E-state index is 12.3. The molecule has 1 aromatic rings. The molecule has 0 amide bonds. The Kier molecular flexibility index (Phi) is 5.95. The van der Waals surface area contributed by atoms with Crippen LogP contribution >= 0.6 is 0 Å². The van der Waals surface area contributed by atoms with Gasteiger partial charge in [0.1, 0.15) is 11.8 Å². The number of methoxy groups -OCH3 is 1. The summed E-state index contributed by atoms with van der Waals surface area (Å²) >= 11 is 0. The molecule has 6 heteroatoms. The lowest BCUT2D eigenvalue weighted by molar-refractivity contribution is -0.143. The highest BCUT2D eigenvalue weighted by atomic mass is 19.3. The van der Waals surface area contributed by atoms with E-state index < -0.39 is 18.6 Å². The molecule has 0 aliphatic rings. The van der Waals surface area contributed by atoms with Crippen LogP contribution < -0.4 is 10.1 Å². The summed E-state index contributed by atoms with van der Waals surface area (Å²) in [5, 5.41) is 2.83. The number of halogens is 2. The molecule has 0 saturated heterocycles. The number of hydrogen-bond acceptors (Lipinski definition) is 4. The van der Waals surface area contributed by atoms with Crippen LogP contribution in [0.15, 0.2) is 36.9 Å². The summed E-state index contributed by atoms with van der Waals surface area (Å²) in [7, 11) is 1.22. The normalized spacial score (nSPS) is 12.0. The summed E-state index contributed by atoms with van der Waals surface area (Å²) in [5.41, 5.74) is 0.288. The van der Waals surface area contributed by atoms with E-state index in [0.29, 0.717) is 6.54 Å². The smallest absolute Gasteiger partial charge is 0.387 e. The second-order valence-corrected chi connectivity index (χ2v) is 3.57. The highest BCUT2D eigenvalue weighted by Crippen LogP contribution is 2.27. The van der Waals surface area contributed by atoms with Gasteiger partial charge in [-0.3, -0.25) is 5.32 Å². The summed E-state index contributed by atoms with van der Waals surface area (Å²) in [4.78, 5) is 11.7. The monoisotopic (exact) mass is 271 g/mol. The van der Waals surface area contributed by atoms with Crippen LogP contribution in [0.4, 0.5) is 8.78 Å². The average Bonchev–Trinajstić information content (AvgIpc) is 2.39. The number of esters is 1. The van der Waals surface area contributed by atoms with Crippen LogP contribution in [0.3, 0.4) is 0 Å². The molecule has 0 spiro atoms. The summed E-state index contributed by atoms with van der Waals surface area (Å²) in [5.74, 6) is -0.656. The van der Waals surface area contributed by atoms with Crippen molar-refractivity contribution >= 4 is 5.97 Å². The van der Waals surface area contributed by atoms with E-state index in [0.717, 1.165) is 0 Å². The first kappa shape index (κ1) is 15.1. The Hall–Kier alpha value is -1.95. The number of carbonyl (C=O) groups excluding carboxylic acids is 1. The standard InChI is InChI=1S/C13H15F2NO3/c1-3-8-16-11(12(17)18-2)9-6-4-5-7-10(9)19-13(14)15/h3-7,11,13,16H,1,8H2,2H3. The van der Waals surface area contributed by atoms with Gasteiger partial charge in [-0.15, -0.1) is 6.58 Å². The van der Waals surface area contributed by atoms with E-state index in [4.69, 9.17) is 0 Å². The Morgan fingerprint density at radius 2 is 2.16 bits per heavy atom.